The van der Waals surface area contributed by atoms with Crippen LogP contribution >= 0.6 is 0 Å². The fraction of sp³-hybridized carbons (Fsp3) is 0.714. The Morgan fingerprint density at radius 1 is 1.31 bits per heavy atom. The average Bonchev–Trinajstić information content (AvgIpc) is 2.18. The van der Waals surface area contributed by atoms with Gasteiger partial charge in [0, 0.05) is 0 Å². The summed E-state index contributed by atoms with van der Waals surface area (Å²) in [5, 5.41) is 10.2. The van der Waals surface area contributed by atoms with Crippen LogP contribution < -0.4 is 0 Å². The average molecular weight is 222 g/mol. The molecule has 1 aliphatic carbocycles. The summed E-state index contributed by atoms with van der Waals surface area (Å²) < 4.78 is 6.00. The highest BCUT2D eigenvalue weighted by atomic mass is 16.5. The largest absolute Gasteiger partial charge is 0.485 e. The van der Waals surface area contributed by atoms with Crippen molar-refractivity contribution in [2.45, 2.75) is 59.2 Å². The summed E-state index contributed by atoms with van der Waals surface area (Å²) in [5.41, 5.74) is 2.01. The zero-order valence-corrected chi connectivity index (χ0v) is 10.9. The lowest BCUT2D eigenvalue weighted by Gasteiger charge is -2.50. The SMILES string of the molecule is CC1=C(C)O[C@]2(C)C(=C1)C(C)(C)CC[C@H]2O. The van der Waals surface area contributed by atoms with Gasteiger partial charge in [-0.15, -0.1) is 0 Å². The number of aliphatic hydroxyl groups is 1. The number of hydrogen-bond donors (Lipinski definition) is 1. The first-order valence-electron chi connectivity index (χ1n) is 6.04. The predicted molar refractivity (Wildman–Crippen MR) is 65.0 cm³/mol. The number of rotatable bonds is 0. The molecule has 0 radical (unpaired) electrons. The zero-order chi connectivity index (χ0) is 12.1. The highest BCUT2D eigenvalue weighted by Gasteiger charge is 2.50. The van der Waals surface area contributed by atoms with Crippen molar-refractivity contribution < 1.29 is 9.84 Å². The molecule has 1 aliphatic heterocycles. The Kier molecular flexibility index (Phi) is 2.46. The van der Waals surface area contributed by atoms with Crippen LogP contribution in [0.2, 0.25) is 0 Å². The molecule has 0 spiro atoms. The third-order valence-electron chi connectivity index (χ3n) is 4.22. The summed E-state index contributed by atoms with van der Waals surface area (Å²) >= 11 is 0. The van der Waals surface area contributed by atoms with Gasteiger partial charge in [0.2, 0.25) is 0 Å². The monoisotopic (exact) mass is 222 g/mol. The number of aliphatic hydroxyl groups excluding tert-OH is 1. The van der Waals surface area contributed by atoms with Crippen molar-refractivity contribution in [2.24, 2.45) is 5.41 Å². The fourth-order valence-corrected chi connectivity index (χ4v) is 2.94. The standard InChI is InChI=1S/C14H22O2/c1-9-8-11-13(3,4)7-6-12(15)14(11,5)16-10(9)2/h8,12,15H,6-7H2,1-5H3/t12-,14-/m1/s1. The molecule has 0 aromatic carbocycles. The van der Waals surface area contributed by atoms with Gasteiger partial charge >= 0.3 is 0 Å². The minimum absolute atomic E-state index is 0.121. The van der Waals surface area contributed by atoms with Crippen molar-refractivity contribution in [2.75, 3.05) is 0 Å². The Bertz CT molecular complexity index is 376. The summed E-state index contributed by atoms with van der Waals surface area (Å²) in [6.45, 7) is 10.5. The Hall–Kier alpha value is -0.760. The third kappa shape index (κ3) is 1.51. The highest BCUT2D eigenvalue weighted by molar-refractivity contribution is 5.39. The van der Waals surface area contributed by atoms with E-state index in [1.54, 1.807) is 0 Å². The highest BCUT2D eigenvalue weighted by Crippen LogP contribution is 2.50. The van der Waals surface area contributed by atoms with Crippen molar-refractivity contribution in [3.63, 3.8) is 0 Å². The van der Waals surface area contributed by atoms with Gasteiger partial charge in [-0.25, -0.2) is 0 Å². The van der Waals surface area contributed by atoms with Crippen LogP contribution in [0.25, 0.3) is 0 Å². The molecule has 0 aromatic rings. The van der Waals surface area contributed by atoms with Gasteiger partial charge in [0.15, 0.2) is 5.60 Å². The first-order chi connectivity index (χ1) is 7.27. The lowest BCUT2D eigenvalue weighted by atomic mass is 9.63. The predicted octanol–water partition coefficient (Wildman–Crippen LogP) is 3.18. The number of fused-ring (bicyclic) bond motifs is 1. The third-order valence-corrected chi connectivity index (χ3v) is 4.22. The first kappa shape index (κ1) is 11.7. The van der Waals surface area contributed by atoms with Crippen molar-refractivity contribution in [1.82, 2.24) is 0 Å². The normalized spacial score (nSPS) is 37.6. The van der Waals surface area contributed by atoms with Gasteiger partial charge < -0.3 is 9.84 Å². The van der Waals surface area contributed by atoms with Crippen LogP contribution in [0.5, 0.6) is 0 Å². The van der Waals surface area contributed by atoms with Crippen LogP contribution in [-0.2, 0) is 4.74 Å². The molecule has 0 unspecified atom stereocenters. The number of allylic oxidation sites excluding steroid dienone is 3. The van der Waals surface area contributed by atoms with Gasteiger partial charge in [0.25, 0.3) is 0 Å². The minimum Gasteiger partial charge on any atom is -0.485 e. The maximum atomic E-state index is 10.2. The smallest absolute Gasteiger partial charge is 0.153 e. The fourth-order valence-electron chi connectivity index (χ4n) is 2.94. The molecule has 1 saturated carbocycles. The van der Waals surface area contributed by atoms with E-state index in [-0.39, 0.29) is 5.41 Å². The first-order valence-corrected chi connectivity index (χ1v) is 6.04. The topological polar surface area (TPSA) is 29.5 Å². The lowest BCUT2D eigenvalue weighted by molar-refractivity contribution is -0.0930. The molecule has 1 heterocycles. The van der Waals surface area contributed by atoms with Crippen molar-refractivity contribution in [3.8, 4) is 0 Å². The van der Waals surface area contributed by atoms with Crippen molar-refractivity contribution >= 4 is 0 Å². The molecule has 0 aromatic heterocycles. The molecular weight excluding hydrogens is 200 g/mol. The maximum absolute atomic E-state index is 10.2. The number of hydrogen-bond acceptors (Lipinski definition) is 2. The molecule has 2 nitrogen and oxygen atoms in total. The molecule has 0 amide bonds. The van der Waals surface area contributed by atoms with Gasteiger partial charge in [-0.05, 0) is 50.2 Å². The van der Waals surface area contributed by atoms with E-state index >= 15 is 0 Å². The van der Waals surface area contributed by atoms with Crippen LogP contribution in [0.4, 0.5) is 0 Å². The Balaban J connectivity index is 2.53. The summed E-state index contributed by atoms with van der Waals surface area (Å²) in [5.74, 6) is 0.933. The van der Waals surface area contributed by atoms with Crippen LogP contribution in [0.15, 0.2) is 23.0 Å². The van der Waals surface area contributed by atoms with Crippen molar-refractivity contribution in [1.29, 1.82) is 0 Å². The second-order valence-corrected chi connectivity index (χ2v) is 5.94. The number of ether oxygens (including phenoxy) is 1. The van der Waals surface area contributed by atoms with E-state index in [1.165, 1.54) is 11.1 Å². The van der Waals surface area contributed by atoms with E-state index in [9.17, 15) is 5.11 Å². The molecule has 0 bridgehead atoms. The molecule has 1 N–H and O–H groups in total. The Labute approximate surface area is 98.0 Å². The summed E-state index contributed by atoms with van der Waals surface area (Å²) in [7, 11) is 0. The molecule has 2 aliphatic rings. The summed E-state index contributed by atoms with van der Waals surface area (Å²) in [6.07, 6.45) is 3.65. The van der Waals surface area contributed by atoms with Crippen LogP contribution in [0.1, 0.15) is 47.5 Å². The quantitative estimate of drug-likeness (QED) is 0.682. The van der Waals surface area contributed by atoms with Gasteiger partial charge in [-0.1, -0.05) is 19.9 Å². The van der Waals surface area contributed by atoms with E-state index in [4.69, 9.17) is 4.74 Å². The van der Waals surface area contributed by atoms with Crippen LogP contribution in [-0.4, -0.2) is 16.8 Å². The van der Waals surface area contributed by atoms with E-state index in [2.05, 4.69) is 26.8 Å². The van der Waals surface area contributed by atoms with E-state index in [0.29, 0.717) is 0 Å². The van der Waals surface area contributed by atoms with Crippen LogP contribution in [0.3, 0.4) is 0 Å². The van der Waals surface area contributed by atoms with E-state index in [0.717, 1.165) is 18.6 Å². The molecule has 2 atom stereocenters. The van der Waals surface area contributed by atoms with E-state index in [1.807, 2.05) is 13.8 Å². The minimum atomic E-state index is -0.522. The molecular formula is C14H22O2. The lowest BCUT2D eigenvalue weighted by Crippen LogP contribution is -2.52. The Morgan fingerprint density at radius 3 is 2.56 bits per heavy atom. The molecule has 1 fully saturated rings. The summed E-state index contributed by atoms with van der Waals surface area (Å²) in [6, 6.07) is 0. The second kappa shape index (κ2) is 3.36. The molecule has 2 rings (SSSR count). The molecule has 90 valence electrons. The van der Waals surface area contributed by atoms with Gasteiger partial charge in [0.1, 0.15) is 0 Å². The van der Waals surface area contributed by atoms with Gasteiger partial charge in [-0.2, -0.15) is 0 Å². The van der Waals surface area contributed by atoms with Gasteiger partial charge in [0.05, 0.1) is 11.9 Å². The second-order valence-electron chi connectivity index (χ2n) is 5.94. The summed E-state index contributed by atoms with van der Waals surface area (Å²) in [4.78, 5) is 0. The van der Waals surface area contributed by atoms with E-state index < -0.39 is 11.7 Å². The molecule has 16 heavy (non-hydrogen) atoms. The van der Waals surface area contributed by atoms with Crippen LogP contribution in [0, 0.1) is 5.41 Å². The zero-order valence-electron chi connectivity index (χ0n) is 10.9. The van der Waals surface area contributed by atoms with Gasteiger partial charge in [-0.3, -0.25) is 0 Å². The molecule has 0 saturated heterocycles. The maximum Gasteiger partial charge on any atom is 0.153 e. The van der Waals surface area contributed by atoms with Crippen molar-refractivity contribution in [3.05, 3.63) is 23.0 Å². The Morgan fingerprint density at radius 2 is 1.94 bits per heavy atom. The molecule has 2 heteroatoms.